The second kappa shape index (κ2) is 6.51. The number of halogens is 2. The van der Waals surface area contributed by atoms with E-state index in [0.717, 1.165) is 18.4 Å². The van der Waals surface area contributed by atoms with Gasteiger partial charge in [0.05, 0.1) is 10.4 Å². The number of thiocarbonyl (C=S) groups is 1. The number of carbonyl (C=O) groups excluding carboxylic acids is 1. The van der Waals surface area contributed by atoms with Crippen molar-refractivity contribution in [3.8, 4) is 0 Å². The van der Waals surface area contributed by atoms with E-state index in [1.165, 1.54) is 0 Å². The fourth-order valence-electron chi connectivity index (χ4n) is 2.83. The molecule has 1 aromatic carbocycles. The summed E-state index contributed by atoms with van der Waals surface area (Å²) in [6, 6.07) is 5.35. The fraction of sp³-hybridized carbons (Fsp3) is 0.467. The van der Waals surface area contributed by atoms with E-state index in [1.54, 1.807) is 12.1 Å². The first-order chi connectivity index (χ1) is 9.85. The Labute approximate surface area is 140 Å². The number of amides is 1. The third-order valence-corrected chi connectivity index (χ3v) is 4.97. The Morgan fingerprint density at radius 2 is 2.14 bits per heavy atom. The van der Waals surface area contributed by atoms with Crippen LogP contribution in [0.3, 0.4) is 0 Å². The maximum Gasteiger partial charge on any atom is 0.233 e. The minimum Gasteiger partial charge on any atom is -0.392 e. The van der Waals surface area contributed by atoms with Crippen molar-refractivity contribution < 1.29 is 4.79 Å². The average molecular weight is 345 g/mol. The Morgan fingerprint density at radius 3 is 2.67 bits per heavy atom. The van der Waals surface area contributed by atoms with Gasteiger partial charge in [-0.2, -0.15) is 0 Å². The first-order valence-electron chi connectivity index (χ1n) is 6.87. The van der Waals surface area contributed by atoms with Gasteiger partial charge < -0.3 is 11.1 Å². The van der Waals surface area contributed by atoms with Crippen LogP contribution in [0, 0.1) is 11.3 Å². The number of rotatable bonds is 5. The standard InChI is InChI=1S/C15H18Cl2N2OS/c1-9-7-15(8-9,13(18)21)14(20)19-5-4-10-2-3-11(16)6-12(10)17/h2-3,6,9H,4-5,7-8H2,1H3,(H2,18,21)(H,19,20). The minimum atomic E-state index is -0.654. The van der Waals surface area contributed by atoms with Gasteiger partial charge in [-0.3, -0.25) is 4.79 Å². The Bertz CT molecular complexity index is 571. The van der Waals surface area contributed by atoms with E-state index in [-0.39, 0.29) is 5.91 Å². The van der Waals surface area contributed by atoms with Crippen LogP contribution in [0.1, 0.15) is 25.3 Å². The van der Waals surface area contributed by atoms with Crippen LogP contribution in [-0.2, 0) is 11.2 Å². The smallest absolute Gasteiger partial charge is 0.233 e. The largest absolute Gasteiger partial charge is 0.392 e. The molecule has 6 heteroatoms. The Morgan fingerprint density at radius 1 is 1.48 bits per heavy atom. The predicted molar refractivity (Wildman–Crippen MR) is 90.8 cm³/mol. The molecule has 0 radical (unpaired) electrons. The molecule has 0 aliphatic heterocycles. The topological polar surface area (TPSA) is 55.1 Å². The Balaban J connectivity index is 1.91. The molecule has 21 heavy (non-hydrogen) atoms. The number of hydrogen-bond donors (Lipinski definition) is 2. The predicted octanol–water partition coefficient (Wildman–Crippen LogP) is 3.35. The van der Waals surface area contributed by atoms with Crippen molar-refractivity contribution in [2.24, 2.45) is 17.1 Å². The molecule has 1 fully saturated rings. The molecule has 0 unspecified atom stereocenters. The van der Waals surface area contributed by atoms with Crippen LogP contribution in [-0.4, -0.2) is 17.4 Å². The lowest BCUT2D eigenvalue weighted by Crippen LogP contribution is -2.56. The molecule has 0 bridgehead atoms. The van der Waals surface area contributed by atoms with Crippen LogP contribution in [0.5, 0.6) is 0 Å². The van der Waals surface area contributed by atoms with Gasteiger partial charge in [0.2, 0.25) is 5.91 Å². The maximum absolute atomic E-state index is 12.3. The van der Waals surface area contributed by atoms with Crippen LogP contribution in [0.2, 0.25) is 10.0 Å². The number of nitrogens with one attached hydrogen (secondary N) is 1. The first-order valence-corrected chi connectivity index (χ1v) is 8.04. The van der Waals surface area contributed by atoms with Gasteiger partial charge in [0, 0.05) is 16.6 Å². The lowest BCUT2D eigenvalue weighted by molar-refractivity contribution is -0.132. The van der Waals surface area contributed by atoms with Gasteiger partial charge in [0.15, 0.2) is 0 Å². The zero-order valence-electron chi connectivity index (χ0n) is 11.8. The van der Waals surface area contributed by atoms with Crippen LogP contribution < -0.4 is 11.1 Å². The summed E-state index contributed by atoms with van der Waals surface area (Å²) in [6.07, 6.45) is 2.11. The van der Waals surface area contributed by atoms with Crippen molar-refractivity contribution >= 4 is 46.3 Å². The van der Waals surface area contributed by atoms with Crippen molar-refractivity contribution in [2.75, 3.05) is 6.54 Å². The van der Waals surface area contributed by atoms with Crippen LogP contribution in [0.15, 0.2) is 18.2 Å². The molecule has 0 saturated heterocycles. The highest BCUT2D eigenvalue weighted by atomic mass is 35.5. The molecule has 3 N–H and O–H groups in total. The highest BCUT2D eigenvalue weighted by Gasteiger charge is 2.50. The summed E-state index contributed by atoms with van der Waals surface area (Å²) in [7, 11) is 0. The van der Waals surface area contributed by atoms with Crippen molar-refractivity contribution in [1.82, 2.24) is 5.32 Å². The van der Waals surface area contributed by atoms with Gasteiger partial charge >= 0.3 is 0 Å². The molecule has 1 amide bonds. The van der Waals surface area contributed by atoms with Gasteiger partial charge in [0.1, 0.15) is 0 Å². The Kier molecular flexibility index (Phi) is 5.12. The molecule has 1 saturated carbocycles. The molecule has 114 valence electrons. The number of benzene rings is 1. The summed E-state index contributed by atoms with van der Waals surface area (Å²) >= 11 is 17.0. The quantitative estimate of drug-likeness (QED) is 0.805. The molecular formula is C15H18Cl2N2OS. The molecule has 1 aromatic rings. The summed E-state index contributed by atoms with van der Waals surface area (Å²) in [5.41, 5.74) is 6.05. The second-order valence-corrected chi connectivity index (χ2v) is 6.98. The normalized spacial score (nSPS) is 24.2. The second-order valence-electron chi connectivity index (χ2n) is 5.70. The van der Waals surface area contributed by atoms with Gasteiger partial charge in [0.25, 0.3) is 0 Å². The van der Waals surface area contributed by atoms with E-state index < -0.39 is 5.41 Å². The number of nitrogens with two attached hydrogens (primary N) is 1. The van der Waals surface area contributed by atoms with Crippen LogP contribution >= 0.6 is 35.4 Å². The zero-order valence-corrected chi connectivity index (χ0v) is 14.1. The summed E-state index contributed by atoms with van der Waals surface area (Å²) in [5, 5.41) is 4.13. The molecule has 0 aromatic heterocycles. The molecule has 0 atom stereocenters. The molecule has 1 aliphatic rings. The van der Waals surface area contributed by atoms with Crippen molar-refractivity contribution in [2.45, 2.75) is 26.2 Å². The average Bonchev–Trinajstić information content (AvgIpc) is 2.36. The van der Waals surface area contributed by atoms with E-state index in [0.29, 0.717) is 33.9 Å². The van der Waals surface area contributed by atoms with E-state index >= 15 is 0 Å². The lowest BCUT2D eigenvalue weighted by atomic mass is 9.62. The van der Waals surface area contributed by atoms with Gasteiger partial charge in [-0.15, -0.1) is 0 Å². The van der Waals surface area contributed by atoms with Gasteiger partial charge in [-0.05, 0) is 42.9 Å². The van der Waals surface area contributed by atoms with Crippen LogP contribution in [0.25, 0.3) is 0 Å². The molecule has 1 aliphatic carbocycles. The monoisotopic (exact) mass is 344 g/mol. The van der Waals surface area contributed by atoms with E-state index in [9.17, 15) is 4.79 Å². The highest BCUT2D eigenvalue weighted by molar-refractivity contribution is 7.80. The molecule has 3 nitrogen and oxygen atoms in total. The summed E-state index contributed by atoms with van der Waals surface area (Å²) in [6.45, 7) is 2.59. The molecule has 2 rings (SSSR count). The third kappa shape index (κ3) is 3.50. The van der Waals surface area contributed by atoms with E-state index in [2.05, 4.69) is 12.2 Å². The van der Waals surface area contributed by atoms with Crippen molar-refractivity contribution in [3.05, 3.63) is 33.8 Å². The maximum atomic E-state index is 12.3. The van der Waals surface area contributed by atoms with Crippen molar-refractivity contribution in [3.63, 3.8) is 0 Å². The summed E-state index contributed by atoms with van der Waals surface area (Å²) < 4.78 is 0. The fourth-order valence-corrected chi connectivity index (χ4v) is 3.60. The number of carbonyl (C=O) groups is 1. The van der Waals surface area contributed by atoms with E-state index in [1.807, 2.05) is 6.07 Å². The molecular weight excluding hydrogens is 327 g/mol. The molecule has 0 heterocycles. The Hall–Kier alpha value is -0.840. The third-order valence-electron chi connectivity index (χ3n) is 4.00. The summed E-state index contributed by atoms with van der Waals surface area (Å²) in [5.74, 6) is 0.418. The minimum absolute atomic E-state index is 0.0711. The van der Waals surface area contributed by atoms with Gasteiger partial charge in [-0.1, -0.05) is 48.4 Å². The van der Waals surface area contributed by atoms with E-state index in [4.69, 9.17) is 41.2 Å². The number of hydrogen-bond acceptors (Lipinski definition) is 2. The lowest BCUT2D eigenvalue weighted by Gasteiger charge is -2.44. The van der Waals surface area contributed by atoms with Gasteiger partial charge in [-0.25, -0.2) is 0 Å². The zero-order chi connectivity index (χ0) is 15.6. The SMILES string of the molecule is CC1CC(C(=O)NCCc2ccc(Cl)cc2Cl)(C(N)=S)C1. The van der Waals surface area contributed by atoms with Crippen molar-refractivity contribution in [1.29, 1.82) is 0 Å². The first kappa shape index (κ1) is 16.5. The van der Waals surface area contributed by atoms with Crippen LogP contribution in [0.4, 0.5) is 0 Å². The summed E-state index contributed by atoms with van der Waals surface area (Å²) in [4.78, 5) is 12.6. The highest BCUT2D eigenvalue weighted by Crippen LogP contribution is 2.45. The molecule has 0 spiro atoms.